The number of aryl methyl sites for hydroxylation is 2. The molecule has 0 N–H and O–H groups in total. The lowest BCUT2D eigenvalue weighted by molar-refractivity contribution is 0.00578. The van der Waals surface area contributed by atoms with Crippen molar-refractivity contribution in [3.05, 3.63) is 71.1 Å². The monoisotopic (exact) mass is 620 g/mol. The van der Waals surface area contributed by atoms with Crippen LogP contribution in [0.25, 0.3) is 21.8 Å². The normalized spacial score (nSPS) is 16.1. The molecule has 12 heteroatoms. The largest absolute Gasteiger partial charge is 0.496 e. The molecule has 38 heavy (non-hydrogen) atoms. The second-order valence-corrected chi connectivity index (χ2v) is 11.9. The Balaban J connectivity index is 0.000000194. The Kier molecular flexibility index (Phi) is 7.62. The molecule has 0 spiro atoms. The van der Waals surface area contributed by atoms with Crippen molar-refractivity contribution >= 4 is 73.5 Å². The van der Waals surface area contributed by atoms with Crippen LogP contribution in [0.15, 0.2) is 38.3 Å². The van der Waals surface area contributed by atoms with Crippen LogP contribution in [0, 0.1) is 13.8 Å². The molecule has 1 aliphatic rings. The second kappa shape index (κ2) is 10.1. The van der Waals surface area contributed by atoms with Crippen LogP contribution in [0.4, 0.5) is 0 Å². The number of nitrogens with zero attached hydrogens (tertiary/aromatic N) is 4. The van der Waals surface area contributed by atoms with Crippen molar-refractivity contribution in [2.75, 3.05) is 0 Å². The predicted octanol–water partition coefficient (Wildman–Crippen LogP) is 4.85. The second-order valence-electron chi connectivity index (χ2n) is 10.3. The lowest BCUT2D eigenvalue weighted by Crippen LogP contribution is -2.41. The van der Waals surface area contributed by atoms with E-state index in [9.17, 15) is 9.59 Å². The van der Waals surface area contributed by atoms with Crippen LogP contribution in [0.2, 0.25) is 10.0 Å². The van der Waals surface area contributed by atoms with Crippen LogP contribution in [-0.4, -0.2) is 37.4 Å². The van der Waals surface area contributed by atoms with Gasteiger partial charge in [0.25, 0.3) is 11.1 Å². The molecule has 0 bridgehead atoms. The molecular weight excluding hydrogens is 594 g/mol. The van der Waals surface area contributed by atoms with E-state index in [1.165, 1.54) is 9.13 Å². The van der Waals surface area contributed by atoms with Gasteiger partial charge in [0.2, 0.25) is 0 Å². The summed E-state index contributed by atoms with van der Waals surface area (Å²) in [5.74, 6) is 1.31. The van der Waals surface area contributed by atoms with E-state index >= 15 is 0 Å². The molecule has 0 unspecified atom stereocenters. The highest BCUT2D eigenvalue weighted by molar-refractivity contribution is 9.10. The highest BCUT2D eigenvalue weighted by Gasteiger charge is 2.52. The summed E-state index contributed by atoms with van der Waals surface area (Å²) in [5, 5.41) is 1.61. The fraction of sp³-hybridized carbons (Fsp3) is 0.385. The number of benzene rings is 2. The van der Waals surface area contributed by atoms with E-state index in [1.807, 2.05) is 33.8 Å². The van der Waals surface area contributed by atoms with Crippen molar-refractivity contribution in [1.82, 2.24) is 19.1 Å². The zero-order valence-corrected chi connectivity index (χ0v) is 25.5. The molecule has 1 saturated heterocycles. The summed E-state index contributed by atoms with van der Waals surface area (Å²) in [6.45, 7) is 11.5. The maximum absolute atomic E-state index is 12.5. The SMILES string of the molecule is Cc1nc2ccc(B3OC(C)(C)C(C)(C)O3)c(Cl)c2c(=O)n1C.Cc1nc2ccc(Br)c(Cl)c2c(=O)n1C. The average Bonchev–Trinajstić information content (AvgIpc) is 3.05. The standard InChI is InChI=1S/C16H20BClN2O3.C10H8BrClN2O/c1-9-19-11-8-7-10(13(18)12(11)14(21)20(9)6)17-22-15(2,3)16(4,5)23-17;1-5-13-7-4-3-6(11)9(12)8(7)10(15)14(5)2/h7-8H,1-6H3;3-4H,1-2H3. The van der Waals surface area contributed by atoms with Crippen LogP contribution in [0.3, 0.4) is 0 Å². The van der Waals surface area contributed by atoms with Crippen molar-refractivity contribution in [2.45, 2.75) is 52.7 Å². The molecular formula is C26H28BBrCl2N4O4. The average molecular weight is 622 g/mol. The van der Waals surface area contributed by atoms with Gasteiger partial charge in [0.1, 0.15) is 11.6 Å². The quantitative estimate of drug-likeness (QED) is 0.282. The third-order valence-electron chi connectivity index (χ3n) is 7.30. The predicted molar refractivity (Wildman–Crippen MR) is 157 cm³/mol. The van der Waals surface area contributed by atoms with Crippen molar-refractivity contribution in [1.29, 1.82) is 0 Å². The first-order valence-corrected chi connectivity index (χ1v) is 13.4. The van der Waals surface area contributed by atoms with Gasteiger partial charge in [-0.05, 0) is 75.7 Å². The number of fused-ring (bicyclic) bond motifs is 2. The number of hydrogen-bond donors (Lipinski definition) is 0. The first kappa shape index (κ1) is 28.8. The van der Waals surface area contributed by atoms with Crippen LogP contribution >= 0.6 is 39.1 Å². The Hall–Kier alpha value is -2.24. The first-order chi connectivity index (χ1) is 17.6. The molecule has 1 aliphatic heterocycles. The molecule has 0 radical (unpaired) electrons. The van der Waals surface area contributed by atoms with E-state index in [1.54, 1.807) is 46.1 Å². The number of rotatable bonds is 1. The highest BCUT2D eigenvalue weighted by Crippen LogP contribution is 2.37. The summed E-state index contributed by atoms with van der Waals surface area (Å²) in [6, 6.07) is 7.17. The molecule has 200 valence electrons. The van der Waals surface area contributed by atoms with Crippen molar-refractivity contribution in [3.8, 4) is 0 Å². The van der Waals surface area contributed by atoms with Gasteiger partial charge in [-0.2, -0.15) is 0 Å². The van der Waals surface area contributed by atoms with Crippen molar-refractivity contribution < 1.29 is 9.31 Å². The van der Waals surface area contributed by atoms with Gasteiger partial charge < -0.3 is 9.31 Å². The summed E-state index contributed by atoms with van der Waals surface area (Å²) < 4.78 is 15.8. The molecule has 5 rings (SSSR count). The van der Waals surface area contributed by atoms with E-state index < -0.39 is 18.3 Å². The zero-order chi connectivity index (χ0) is 28.3. The molecule has 0 amide bonds. The third kappa shape index (κ3) is 4.81. The Bertz CT molecular complexity index is 1700. The van der Waals surface area contributed by atoms with E-state index in [-0.39, 0.29) is 11.1 Å². The van der Waals surface area contributed by atoms with Gasteiger partial charge >= 0.3 is 7.12 Å². The van der Waals surface area contributed by atoms with Gasteiger partial charge in [0.05, 0.1) is 43.1 Å². The van der Waals surface area contributed by atoms with Crippen LogP contribution in [0.1, 0.15) is 39.3 Å². The van der Waals surface area contributed by atoms with Gasteiger partial charge in [-0.25, -0.2) is 9.97 Å². The molecule has 0 saturated carbocycles. The molecule has 3 heterocycles. The fourth-order valence-corrected chi connectivity index (χ4v) is 4.90. The van der Waals surface area contributed by atoms with Crippen molar-refractivity contribution in [3.63, 3.8) is 0 Å². The zero-order valence-electron chi connectivity index (χ0n) is 22.4. The minimum Gasteiger partial charge on any atom is -0.399 e. The molecule has 4 aromatic rings. The molecule has 1 fully saturated rings. The van der Waals surface area contributed by atoms with E-state index in [0.29, 0.717) is 53.4 Å². The van der Waals surface area contributed by atoms with Crippen molar-refractivity contribution in [2.24, 2.45) is 14.1 Å². The Labute approximate surface area is 239 Å². The van der Waals surface area contributed by atoms with Gasteiger partial charge in [-0.15, -0.1) is 0 Å². The summed E-state index contributed by atoms with van der Waals surface area (Å²) in [5.41, 5.74) is 0.638. The molecule has 8 nitrogen and oxygen atoms in total. The number of hydrogen-bond acceptors (Lipinski definition) is 6. The summed E-state index contributed by atoms with van der Waals surface area (Å²) in [7, 11) is 2.76. The Morgan fingerprint density at radius 3 is 1.68 bits per heavy atom. The van der Waals surface area contributed by atoms with Gasteiger partial charge in [-0.3, -0.25) is 18.7 Å². The summed E-state index contributed by atoms with van der Waals surface area (Å²) in [6.07, 6.45) is 0. The van der Waals surface area contributed by atoms with Gasteiger partial charge in [0, 0.05) is 24.0 Å². The lowest BCUT2D eigenvalue weighted by Gasteiger charge is -2.32. The number of aromatic nitrogens is 4. The van der Waals surface area contributed by atoms with E-state index in [4.69, 9.17) is 32.5 Å². The van der Waals surface area contributed by atoms with Crippen LogP contribution in [-0.2, 0) is 23.4 Å². The molecule has 2 aromatic carbocycles. The smallest absolute Gasteiger partial charge is 0.399 e. The van der Waals surface area contributed by atoms with Crippen LogP contribution < -0.4 is 16.6 Å². The summed E-state index contributed by atoms with van der Waals surface area (Å²) in [4.78, 5) is 33.2. The van der Waals surface area contributed by atoms with Crippen LogP contribution in [0.5, 0.6) is 0 Å². The first-order valence-electron chi connectivity index (χ1n) is 11.9. The Morgan fingerprint density at radius 1 is 0.789 bits per heavy atom. The van der Waals surface area contributed by atoms with E-state index in [2.05, 4.69) is 25.9 Å². The topological polar surface area (TPSA) is 88.2 Å². The third-order valence-corrected chi connectivity index (χ3v) is 8.99. The molecule has 2 aromatic heterocycles. The molecule has 0 atom stereocenters. The maximum Gasteiger partial charge on any atom is 0.496 e. The van der Waals surface area contributed by atoms with E-state index in [0.717, 1.165) is 0 Å². The minimum atomic E-state index is -0.608. The maximum atomic E-state index is 12.5. The number of halogens is 3. The van der Waals surface area contributed by atoms with Gasteiger partial charge in [-0.1, -0.05) is 29.3 Å². The summed E-state index contributed by atoms with van der Waals surface area (Å²) >= 11 is 15.9. The minimum absolute atomic E-state index is 0.121. The lowest BCUT2D eigenvalue weighted by atomic mass is 9.78. The highest BCUT2D eigenvalue weighted by atomic mass is 79.9. The Morgan fingerprint density at radius 2 is 1.21 bits per heavy atom. The van der Waals surface area contributed by atoms with Gasteiger partial charge in [0.15, 0.2) is 0 Å². The molecule has 0 aliphatic carbocycles. The fourth-order valence-electron chi connectivity index (χ4n) is 4.00.